The van der Waals surface area contributed by atoms with Gasteiger partial charge in [-0.2, -0.15) is 4.39 Å². The summed E-state index contributed by atoms with van der Waals surface area (Å²) < 4.78 is 13.7. The van der Waals surface area contributed by atoms with Crippen LogP contribution in [-0.2, 0) is 11.2 Å². The van der Waals surface area contributed by atoms with Crippen LogP contribution in [0.3, 0.4) is 0 Å². The molecule has 0 aromatic heterocycles. The van der Waals surface area contributed by atoms with Gasteiger partial charge in [0, 0.05) is 12.0 Å². The largest absolute Gasteiger partial charge is 0.304 e. The lowest BCUT2D eigenvalue weighted by molar-refractivity contribution is -0.387. The first-order valence-corrected chi connectivity index (χ1v) is 6.47. The summed E-state index contributed by atoms with van der Waals surface area (Å²) in [5, 5.41) is 10.6. The van der Waals surface area contributed by atoms with Gasteiger partial charge in [0.15, 0.2) is 0 Å². The van der Waals surface area contributed by atoms with E-state index in [1.54, 1.807) is 0 Å². The van der Waals surface area contributed by atoms with E-state index in [1.165, 1.54) is 13.0 Å². The molecule has 0 aliphatic rings. The molecule has 1 unspecified atom stereocenters. The van der Waals surface area contributed by atoms with Crippen molar-refractivity contribution in [3.63, 3.8) is 0 Å². The highest BCUT2D eigenvalue weighted by molar-refractivity contribution is 5.83. The van der Waals surface area contributed by atoms with Crippen molar-refractivity contribution >= 4 is 11.5 Å². The molecule has 0 N–H and O–H groups in total. The summed E-state index contributed by atoms with van der Waals surface area (Å²) >= 11 is 0. The normalized spacial score (nSPS) is 11.9. The third-order valence-corrected chi connectivity index (χ3v) is 3.34. The number of rotatable bonds is 5. The molecule has 0 saturated carbocycles. The Morgan fingerprint density at radius 3 is 2.43 bits per heavy atom. The lowest BCUT2D eigenvalue weighted by Gasteiger charge is -2.14. The Balaban J connectivity index is 2.33. The van der Waals surface area contributed by atoms with Crippen molar-refractivity contribution in [1.82, 2.24) is 0 Å². The number of nitro benzene ring substituents is 1. The molecule has 1 atom stereocenters. The molecular formula is C16H14FNO3. The van der Waals surface area contributed by atoms with E-state index in [2.05, 4.69) is 0 Å². The number of hydrogen-bond acceptors (Lipinski definition) is 3. The maximum atomic E-state index is 13.7. The first-order chi connectivity index (χ1) is 9.99. The molecule has 0 heterocycles. The summed E-state index contributed by atoms with van der Waals surface area (Å²) in [5.41, 5.74) is 0.826. The summed E-state index contributed by atoms with van der Waals surface area (Å²) in [6, 6.07) is 13.0. The average molecular weight is 287 g/mol. The van der Waals surface area contributed by atoms with E-state index in [-0.39, 0.29) is 5.78 Å². The Morgan fingerprint density at radius 1 is 1.24 bits per heavy atom. The van der Waals surface area contributed by atoms with Crippen LogP contribution in [0.5, 0.6) is 0 Å². The molecule has 21 heavy (non-hydrogen) atoms. The monoisotopic (exact) mass is 287 g/mol. The fourth-order valence-corrected chi connectivity index (χ4v) is 2.23. The van der Waals surface area contributed by atoms with Gasteiger partial charge in [-0.1, -0.05) is 36.4 Å². The van der Waals surface area contributed by atoms with Crippen molar-refractivity contribution < 1.29 is 14.1 Å². The molecular weight excluding hydrogens is 273 g/mol. The zero-order chi connectivity index (χ0) is 15.4. The van der Waals surface area contributed by atoms with Gasteiger partial charge in [-0.05, 0) is 30.5 Å². The highest BCUT2D eigenvalue weighted by Crippen LogP contribution is 2.26. The van der Waals surface area contributed by atoms with Crippen molar-refractivity contribution in [1.29, 1.82) is 0 Å². The molecule has 4 nitrogen and oxygen atoms in total. The molecule has 108 valence electrons. The van der Waals surface area contributed by atoms with E-state index in [1.807, 2.05) is 30.3 Å². The first-order valence-electron chi connectivity index (χ1n) is 6.47. The Hall–Kier alpha value is -2.56. The van der Waals surface area contributed by atoms with E-state index >= 15 is 0 Å². The van der Waals surface area contributed by atoms with Crippen molar-refractivity contribution in [2.45, 2.75) is 19.3 Å². The van der Waals surface area contributed by atoms with Crippen LogP contribution >= 0.6 is 0 Å². The van der Waals surface area contributed by atoms with E-state index < -0.39 is 22.3 Å². The van der Waals surface area contributed by atoms with E-state index in [9.17, 15) is 19.3 Å². The Bertz CT molecular complexity index is 670. The lowest BCUT2D eigenvalue weighted by Crippen LogP contribution is -2.12. The smallest absolute Gasteiger partial charge is 0.299 e. The maximum absolute atomic E-state index is 13.7. The maximum Gasteiger partial charge on any atom is 0.304 e. The molecule has 2 aromatic carbocycles. The summed E-state index contributed by atoms with van der Waals surface area (Å²) in [7, 11) is 0. The van der Waals surface area contributed by atoms with E-state index in [0.29, 0.717) is 12.0 Å². The second-order valence-electron chi connectivity index (χ2n) is 4.82. The Morgan fingerprint density at radius 2 is 1.90 bits per heavy atom. The van der Waals surface area contributed by atoms with Crippen LogP contribution in [0.1, 0.15) is 24.0 Å². The summed E-state index contributed by atoms with van der Waals surface area (Å²) in [6.07, 6.45) is 0.438. The van der Waals surface area contributed by atoms with Crippen molar-refractivity contribution in [3.8, 4) is 0 Å². The molecule has 0 amide bonds. The molecule has 0 fully saturated rings. The van der Waals surface area contributed by atoms with Crippen molar-refractivity contribution in [2.75, 3.05) is 0 Å². The van der Waals surface area contributed by atoms with Crippen LogP contribution in [0.4, 0.5) is 10.1 Å². The van der Waals surface area contributed by atoms with Gasteiger partial charge in [-0.3, -0.25) is 14.9 Å². The molecule has 0 radical (unpaired) electrons. The molecule has 0 saturated heterocycles. The third kappa shape index (κ3) is 3.51. The van der Waals surface area contributed by atoms with Crippen LogP contribution in [-0.4, -0.2) is 10.7 Å². The predicted octanol–water partition coefficient (Wildman–Crippen LogP) is 3.65. The van der Waals surface area contributed by atoms with Gasteiger partial charge in [-0.25, -0.2) is 0 Å². The Labute approximate surface area is 121 Å². The number of benzene rings is 2. The number of halogens is 1. The fourth-order valence-electron chi connectivity index (χ4n) is 2.23. The number of nitro groups is 1. The molecule has 0 aliphatic carbocycles. The average Bonchev–Trinajstić information content (AvgIpc) is 2.45. The highest BCUT2D eigenvalue weighted by Gasteiger charge is 2.21. The summed E-state index contributed by atoms with van der Waals surface area (Å²) in [5.74, 6) is -1.54. The number of ketones is 1. The SMILES string of the molecule is CC(=O)C(Cc1ccccc1)c1ccc([N+](=O)[O-])c(F)c1. The van der Waals surface area contributed by atoms with E-state index in [0.717, 1.165) is 17.7 Å². The molecule has 2 aromatic rings. The predicted molar refractivity (Wildman–Crippen MR) is 76.6 cm³/mol. The van der Waals surface area contributed by atoms with Crippen molar-refractivity contribution in [3.05, 3.63) is 75.6 Å². The molecule has 0 bridgehead atoms. The summed E-state index contributed by atoms with van der Waals surface area (Å²) in [4.78, 5) is 21.7. The Kier molecular flexibility index (Phi) is 4.42. The van der Waals surface area contributed by atoms with Gasteiger partial charge in [0.25, 0.3) is 0 Å². The number of carbonyl (C=O) groups excluding carboxylic acids is 1. The van der Waals surface area contributed by atoms with Gasteiger partial charge in [0.2, 0.25) is 5.82 Å². The quantitative estimate of drug-likeness (QED) is 0.623. The second kappa shape index (κ2) is 6.26. The molecule has 0 spiro atoms. The minimum Gasteiger partial charge on any atom is -0.299 e. The van der Waals surface area contributed by atoms with E-state index in [4.69, 9.17) is 0 Å². The van der Waals surface area contributed by atoms with Crippen molar-refractivity contribution in [2.24, 2.45) is 0 Å². The van der Waals surface area contributed by atoms with Gasteiger partial charge >= 0.3 is 5.69 Å². The molecule has 0 aliphatic heterocycles. The van der Waals surface area contributed by atoms with Crippen LogP contribution in [0.25, 0.3) is 0 Å². The van der Waals surface area contributed by atoms with Crippen LogP contribution in [0.2, 0.25) is 0 Å². The lowest BCUT2D eigenvalue weighted by atomic mass is 9.89. The highest BCUT2D eigenvalue weighted by atomic mass is 19.1. The number of hydrogen-bond donors (Lipinski definition) is 0. The van der Waals surface area contributed by atoms with Gasteiger partial charge in [0.05, 0.1) is 4.92 Å². The number of Topliss-reactive ketones (excluding diaryl/α,β-unsaturated/α-hetero) is 1. The summed E-state index contributed by atoms with van der Waals surface area (Å²) in [6.45, 7) is 1.44. The number of nitrogens with zero attached hydrogens (tertiary/aromatic N) is 1. The molecule has 2 rings (SSSR count). The van der Waals surface area contributed by atoms with Crippen LogP contribution in [0, 0.1) is 15.9 Å². The third-order valence-electron chi connectivity index (χ3n) is 3.34. The topological polar surface area (TPSA) is 60.2 Å². The van der Waals surface area contributed by atoms with Crippen LogP contribution in [0.15, 0.2) is 48.5 Å². The van der Waals surface area contributed by atoms with Crippen LogP contribution < -0.4 is 0 Å². The first kappa shape index (κ1) is 14.8. The minimum absolute atomic E-state index is 0.105. The zero-order valence-corrected chi connectivity index (χ0v) is 11.5. The van der Waals surface area contributed by atoms with Gasteiger partial charge < -0.3 is 0 Å². The number of carbonyl (C=O) groups is 1. The fraction of sp³-hybridized carbons (Fsp3) is 0.188. The minimum atomic E-state index is -0.920. The van der Waals surface area contributed by atoms with Gasteiger partial charge in [0.1, 0.15) is 5.78 Å². The standard InChI is InChI=1S/C16H14FNO3/c1-11(19)14(9-12-5-3-2-4-6-12)13-7-8-16(18(20)21)15(17)10-13/h2-8,10,14H,9H2,1H3. The zero-order valence-electron chi connectivity index (χ0n) is 11.5. The van der Waals surface area contributed by atoms with Gasteiger partial charge in [-0.15, -0.1) is 0 Å². The molecule has 5 heteroatoms. The second-order valence-corrected chi connectivity index (χ2v) is 4.82.